The third kappa shape index (κ3) is 26.4. The van der Waals surface area contributed by atoms with Crippen molar-refractivity contribution in [1.82, 2.24) is 59.8 Å². The van der Waals surface area contributed by atoms with Gasteiger partial charge in [-0.25, -0.2) is 80.9 Å². The van der Waals surface area contributed by atoms with Gasteiger partial charge in [-0.05, 0) is 148 Å². The van der Waals surface area contributed by atoms with Gasteiger partial charge in [0.15, 0.2) is 58.2 Å². The van der Waals surface area contributed by atoms with Gasteiger partial charge in [-0.1, -0.05) is 36.4 Å². The third-order valence-corrected chi connectivity index (χ3v) is 35.8. The summed E-state index contributed by atoms with van der Waals surface area (Å²) < 4.78 is 126. The minimum absolute atomic E-state index is 0.0657. The van der Waals surface area contributed by atoms with Crippen molar-refractivity contribution in [2.45, 2.75) is 143 Å². The molecule has 0 amide bonds. The van der Waals surface area contributed by atoms with Gasteiger partial charge in [-0.15, -0.1) is 0 Å². The lowest BCUT2D eigenvalue weighted by molar-refractivity contribution is 0.0430. The zero-order chi connectivity index (χ0) is 98.2. The summed E-state index contributed by atoms with van der Waals surface area (Å²) in [5.41, 5.74) is 37.1. The quantitative estimate of drug-likeness (QED) is 0.0442. The molecular weight excluding hydrogens is 1870 g/mol. The predicted octanol–water partition coefficient (Wildman–Crippen LogP) is 12.1. The van der Waals surface area contributed by atoms with Crippen LogP contribution in [0, 0.1) is 13.8 Å². The van der Waals surface area contributed by atoms with Gasteiger partial charge in [-0.2, -0.15) is 21.8 Å². The first-order chi connectivity index (χ1) is 66.4. The lowest BCUT2D eigenvalue weighted by Crippen LogP contribution is -2.44. The number of hydrogen-bond acceptors (Lipinski definition) is 39. The zero-order valence-corrected chi connectivity index (χ0v) is 84.8. The van der Waals surface area contributed by atoms with E-state index in [0.717, 1.165) is 140 Å². The van der Waals surface area contributed by atoms with Crippen LogP contribution < -0.4 is 53.2 Å². The maximum absolute atomic E-state index is 13.0. The SMILES string of the molecule is C[C@@H]1COCCN1c1cc(N=[S@](C)(=O)C2CC2)nc(-c2cccc(N)c2)n1.C[C@@H]1COCCN1c1cc(N=[S@](C)(=O)C2COC2)nc(-c2cccc(N)c2)n1.C[C@@H]1COCCN1c1cc(N=[S@](C)(=O)C2COC2)nc(-c2cccc(N)c2)n1.Cc1cc(-c2nc(N=[S@](C)(=O)C3CC3)cc(N3CCOC[C@H]3C)n2)cc(N)n1.Cc1cc(-c2nc(N=[S@](C)(=O)C3CC3)cc(N3CCOC[C@H]3C)n2)cc(N)n1. The number of pyridine rings is 2. The van der Waals surface area contributed by atoms with E-state index in [4.69, 9.17) is 86.7 Å². The van der Waals surface area contributed by atoms with Crippen molar-refractivity contribution in [2.24, 2.45) is 21.8 Å². The summed E-state index contributed by atoms with van der Waals surface area (Å²) in [7, 11) is -11.8. The van der Waals surface area contributed by atoms with Crippen LogP contribution in [-0.2, 0) is 81.8 Å². The molecule has 3 aromatic carbocycles. The summed E-state index contributed by atoms with van der Waals surface area (Å²) in [6.45, 7) is 26.2. The molecule has 10 aliphatic rings. The van der Waals surface area contributed by atoms with E-state index >= 15 is 0 Å². The summed E-state index contributed by atoms with van der Waals surface area (Å²) in [6.07, 6.45) is 14.3. The Morgan fingerprint density at radius 2 is 0.496 bits per heavy atom. The van der Waals surface area contributed by atoms with Crippen LogP contribution in [-0.4, -0.2) is 294 Å². The Morgan fingerprint density at radius 3 is 0.691 bits per heavy atom. The number of benzene rings is 3. The van der Waals surface area contributed by atoms with Gasteiger partial charge in [0.25, 0.3) is 0 Å². The van der Waals surface area contributed by atoms with E-state index in [1.54, 1.807) is 55.5 Å². The third-order valence-electron chi connectivity index (χ3n) is 25.0. The number of rotatable bonds is 20. The number of morpholine rings is 5. The summed E-state index contributed by atoms with van der Waals surface area (Å²) >= 11 is 0. The average molecular weight is 2000 g/mol. The fourth-order valence-electron chi connectivity index (χ4n) is 16.5. The molecule has 7 saturated heterocycles. The minimum Gasteiger partial charge on any atom is -0.399 e. The molecule has 139 heavy (non-hydrogen) atoms. The van der Waals surface area contributed by atoms with Gasteiger partial charge in [0.1, 0.15) is 40.7 Å². The molecule has 0 bridgehead atoms. The van der Waals surface area contributed by atoms with Gasteiger partial charge in [0, 0.05) is 166 Å². The summed E-state index contributed by atoms with van der Waals surface area (Å²) in [4.78, 5) is 66.1. The topological polar surface area (TPSA) is 513 Å². The maximum atomic E-state index is 13.0. The van der Waals surface area contributed by atoms with Crippen LogP contribution in [0.15, 0.2) is 149 Å². The van der Waals surface area contributed by atoms with Crippen molar-refractivity contribution in [1.29, 1.82) is 0 Å². The van der Waals surface area contributed by atoms with Crippen molar-refractivity contribution < 1.29 is 54.2 Å². The van der Waals surface area contributed by atoms with Crippen LogP contribution >= 0.6 is 0 Å². The van der Waals surface area contributed by atoms with Gasteiger partial charge < -0.3 is 86.3 Å². The van der Waals surface area contributed by atoms with E-state index in [9.17, 15) is 21.0 Å². The highest BCUT2D eigenvalue weighted by Gasteiger charge is 2.37. The molecule has 14 heterocycles. The second kappa shape index (κ2) is 43.5. The fourth-order valence-corrected chi connectivity index (χ4v) is 24.0. The van der Waals surface area contributed by atoms with Crippen molar-refractivity contribution in [3.63, 3.8) is 0 Å². The first-order valence-electron chi connectivity index (χ1n) is 46.8. The maximum Gasteiger partial charge on any atom is 0.167 e. The van der Waals surface area contributed by atoms with Crippen LogP contribution in [0.3, 0.4) is 0 Å². The summed E-state index contributed by atoms with van der Waals surface area (Å²) in [5, 5.41) is 0.369. The van der Waals surface area contributed by atoms with Crippen LogP contribution in [0.1, 0.15) is 84.5 Å². The predicted molar refractivity (Wildman–Crippen MR) is 552 cm³/mol. The zero-order valence-electron chi connectivity index (χ0n) is 80.7. The number of anilines is 10. The highest BCUT2D eigenvalue weighted by atomic mass is 32.2. The second-order valence-electron chi connectivity index (χ2n) is 37.0. The number of aryl methyl sites for hydroxylation is 2. The molecular formula is C95H127N27O12S5. The van der Waals surface area contributed by atoms with E-state index < -0.39 is 48.6 Å². The number of nitrogen functional groups attached to an aromatic ring is 5. The van der Waals surface area contributed by atoms with Crippen LogP contribution in [0.4, 0.5) is 86.9 Å². The molecule has 39 nitrogen and oxygen atoms in total. The fraction of sp³-hybridized carbons (Fsp3) is 0.495. The molecule has 10 aromatic rings. The minimum atomic E-state index is -2.45. The smallest absolute Gasteiger partial charge is 0.167 e. The van der Waals surface area contributed by atoms with Gasteiger partial charge in [0.05, 0.1) is 182 Å². The van der Waals surface area contributed by atoms with Gasteiger partial charge in [0.2, 0.25) is 0 Å². The molecule has 10 atom stereocenters. The molecule has 0 unspecified atom stereocenters. The van der Waals surface area contributed by atoms with Crippen molar-refractivity contribution in [2.75, 3.05) is 210 Å². The number of hydrogen-bond donors (Lipinski definition) is 5. The highest BCUT2D eigenvalue weighted by Crippen LogP contribution is 2.40. The van der Waals surface area contributed by atoms with Gasteiger partial charge in [-0.3, -0.25) is 0 Å². The summed E-state index contributed by atoms with van der Waals surface area (Å²) in [5.74, 6) is 9.45. The van der Waals surface area contributed by atoms with Crippen LogP contribution in [0.2, 0.25) is 0 Å². The average Bonchev–Trinajstić information content (AvgIpc) is 1.59. The Labute approximate surface area is 814 Å². The van der Waals surface area contributed by atoms with Crippen molar-refractivity contribution in [3.05, 3.63) is 139 Å². The molecule has 744 valence electrons. The lowest BCUT2D eigenvalue weighted by atomic mass is 10.2. The molecule has 3 aliphatic carbocycles. The molecule has 0 radical (unpaired) electrons. The van der Waals surface area contributed by atoms with Crippen LogP contribution in [0.25, 0.3) is 56.9 Å². The number of aromatic nitrogens is 12. The molecule has 0 spiro atoms. The van der Waals surface area contributed by atoms with Crippen molar-refractivity contribution in [3.8, 4) is 56.9 Å². The monoisotopic (exact) mass is 2000 g/mol. The van der Waals surface area contributed by atoms with E-state index in [2.05, 4.69) is 116 Å². The van der Waals surface area contributed by atoms with Crippen LogP contribution in [0.5, 0.6) is 0 Å². The van der Waals surface area contributed by atoms with E-state index in [0.29, 0.717) is 179 Å². The highest BCUT2D eigenvalue weighted by molar-refractivity contribution is 7.95. The molecule has 44 heteroatoms. The largest absolute Gasteiger partial charge is 0.399 e. The Morgan fingerprint density at radius 1 is 0.273 bits per heavy atom. The van der Waals surface area contributed by atoms with Crippen molar-refractivity contribution >= 4 is 136 Å². The van der Waals surface area contributed by atoms with E-state index in [-0.39, 0.29) is 56.5 Å². The van der Waals surface area contributed by atoms with E-state index in [1.165, 1.54) is 0 Å². The molecule has 20 rings (SSSR count). The number of nitrogens with two attached hydrogens (primary N) is 5. The Kier molecular flexibility index (Phi) is 31.6. The molecule has 10 fully saturated rings. The molecule has 10 N–H and O–H groups in total. The molecule has 7 aromatic heterocycles. The first kappa shape index (κ1) is 101. The number of ether oxygens (including phenoxy) is 7. The summed E-state index contributed by atoms with van der Waals surface area (Å²) in [6, 6.07) is 39.6. The standard InChI is InChI=1S/2C19H26N6O2S.2C19H25N5O3S.C19H25N5O2S/c2*1-12-8-14(9-16(20)21-12)19-22-17(24-28(3,26)15-4-5-15)10-18(23-19)25-6-7-27-11-13(25)2;2*1-13-10-26-7-6-24(13)18-9-17(23-28(2,25)16-11-27-12-16)21-19(22-18)14-4-3-5-15(20)8-14;1-13-12-26-9-8-24(13)18-11-17(23-27(2,25)16-6-7-16)21-19(22-18)14-4-3-5-15(20)10-14/h2*8-10,13,15H,4-7,11H2,1-3H3,(H2,20,21);2*3-5,8-9,13,16H,6-7,10-12,20H2,1-2H3;3-5,10-11,13,16H,6-9,12,20H2,1-2H3/t4*13-,28-;13-,27-/m11111/s1. The Bertz CT molecular complexity index is 6460. The normalized spacial score (nSPS) is 22.2. The van der Waals surface area contributed by atoms with E-state index in [1.807, 2.05) is 117 Å². The lowest BCUT2D eigenvalue weighted by Gasteiger charge is -2.34. The first-order valence-corrected chi connectivity index (χ1v) is 56.8. The Hall–Kier alpha value is -11.2. The molecule has 7 aliphatic heterocycles. The van der Waals surface area contributed by atoms with Gasteiger partial charge >= 0.3 is 0 Å². The second-order valence-corrected chi connectivity index (χ2v) is 49.9. The molecule has 3 saturated carbocycles. The Balaban J connectivity index is 0.000000125. The number of nitrogens with zero attached hydrogens (tertiary/aromatic N) is 22.